The van der Waals surface area contributed by atoms with Crippen molar-refractivity contribution in [2.75, 3.05) is 23.3 Å². The molecule has 1 unspecified atom stereocenters. The van der Waals surface area contributed by atoms with E-state index < -0.39 is 5.91 Å². The molecular weight excluding hydrogens is 330 g/mol. The zero-order valence-corrected chi connectivity index (χ0v) is 15.1. The molecule has 0 bridgehead atoms. The molecule has 0 saturated carbocycles. The van der Waals surface area contributed by atoms with Crippen LogP contribution in [0.1, 0.15) is 48.7 Å². The second-order valence-electron chi connectivity index (χ2n) is 6.89. The van der Waals surface area contributed by atoms with Crippen molar-refractivity contribution in [3.63, 3.8) is 0 Å². The maximum Gasteiger partial charge on any atom is 0.254 e. The molecule has 3 rings (SSSR count). The third kappa shape index (κ3) is 4.08. The molecule has 1 atom stereocenters. The van der Waals surface area contributed by atoms with E-state index in [1.54, 1.807) is 6.20 Å². The SMILES string of the molecule is CC(C)c1cc(Nc2nc(N3CCCC(N)C3)ncc2C(N)=O)ccn1. The Morgan fingerprint density at radius 2 is 2.19 bits per heavy atom. The fraction of sp³-hybridized carbons (Fsp3) is 0.444. The quantitative estimate of drug-likeness (QED) is 0.746. The maximum atomic E-state index is 11.8. The first-order valence-corrected chi connectivity index (χ1v) is 8.84. The smallest absolute Gasteiger partial charge is 0.254 e. The fourth-order valence-electron chi connectivity index (χ4n) is 2.97. The number of rotatable bonds is 5. The first-order valence-electron chi connectivity index (χ1n) is 8.84. The lowest BCUT2D eigenvalue weighted by Gasteiger charge is -2.31. The minimum Gasteiger partial charge on any atom is -0.365 e. The average Bonchev–Trinajstić information content (AvgIpc) is 2.61. The Labute approximate surface area is 153 Å². The van der Waals surface area contributed by atoms with E-state index in [0.29, 0.717) is 24.2 Å². The van der Waals surface area contributed by atoms with Gasteiger partial charge in [-0.05, 0) is 30.9 Å². The first kappa shape index (κ1) is 18.1. The van der Waals surface area contributed by atoms with Crippen molar-refractivity contribution in [1.29, 1.82) is 0 Å². The van der Waals surface area contributed by atoms with Gasteiger partial charge in [-0.2, -0.15) is 4.98 Å². The van der Waals surface area contributed by atoms with Gasteiger partial charge in [0.2, 0.25) is 5.95 Å². The molecule has 138 valence electrons. The van der Waals surface area contributed by atoms with Gasteiger partial charge in [0, 0.05) is 42.9 Å². The molecule has 3 heterocycles. The number of anilines is 3. The standard InChI is InChI=1S/C18H25N7O/c1-11(2)15-8-13(5-6-21-15)23-17-14(16(20)26)9-22-18(24-17)25-7-3-4-12(19)10-25/h5-6,8-9,11-12H,3-4,7,10,19H2,1-2H3,(H2,20,26)(H,21,22,23,24). The van der Waals surface area contributed by atoms with Crippen molar-refractivity contribution in [2.24, 2.45) is 11.5 Å². The Hall–Kier alpha value is -2.74. The van der Waals surface area contributed by atoms with Crippen LogP contribution in [0.25, 0.3) is 0 Å². The van der Waals surface area contributed by atoms with Crippen LogP contribution in [-0.2, 0) is 0 Å². The molecule has 0 aromatic carbocycles. The summed E-state index contributed by atoms with van der Waals surface area (Å²) in [7, 11) is 0. The Balaban J connectivity index is 1.92. The average molecular weight is 355 g/mol. The summed E-state index contributed by atoms with van der Waals surface area (Å²) < 4.78 is 0. The summed E-state index contributed by atoms with van der Waals surface area (Å²) in [6, 6.07) is 3.87. The second-order valence-corrected chi connectivity index (χ2v) is 6.89. The second kappa shape index (κ2) is 7.65. The highest BCUT2D eigenvalue weighted by Gasteiger charge is 2.21. The summed E-state index contributed by atoms with van der Waals surface area (Å²) in [6.45, 7) is 5.69. The molecule has 8 nitrogen and oxygen atoms in total. The molecule has 0 aliphatic carbocycles. The highest BCUT2D eigenvalue weighted by atomic mass is 16.1. The predicted octanol–water partition coefficient (Wildman–Crippen LogP) is 1.76. The minimum absolute atomic E-state index is 0.105. The van der Waals surface area contributed by atoms with Crippen molar-refractivity contribution in [2.45, 2.75) is 38.6 Å². The van der Waals surface area contributed by atoms with Crippen LogP contribution in [0.5, 0.6) is 0 Å². The van der Waals surface area contributed by atoms with Gasteiger partial charge in [0.25, 0.3) is 5.91 Å². The Bertz CT molecular complexity index is 793. The van der Waals surface area contributed by atoms with Crippen molar-refractivity contribution in [3.8, 4) is 0 Å². The molecule has 8 heteroatoms. The van der Waals surface area contributed by atoms with Gasteiger partial charge in [0.05, 0.1) is 0 Å². The predicted molar refractivity (Wildman–Crippen MR) is 102 cm³/mol. The number of aromatic nitrogens is 3. The van der Waals surface area contributed by atoms with Crippen LogP contribution in [0.4, 0.5) is 17.5 Å². The van der Waals surface area contributed by atoms with E-state index in [4.69, 9.17) is 11.5 Å². The fourth-order valence-corrected chi connectivity index (χ4v) is 2.97. The minimum atomic E-state index is -0.576. The van der Waals surface area contributed by atoms with E-state index in [1.807, 2.05) is 17.0 Å². The zero-order valence-electron chi connectivity index (χ0n) is 15.1. The van der Waals surface area contributed by atoms with Crippen molar-refractivity contribution >= 4 is 23.4 Å². The monoisotopic (exact) mass is 355 g/mol. The van der Waals surface area contributed by atoms with Crippen molar-refractivity contribution in [3.05, 3.63) is 35.8 Å². The summed E-state index contributed by atoms with van der Waals surface area (Å²) >= 11 is 0. The van der Waals surface area contributed by atoms with E-state index in [9.17, 15) is 4.79 Å². The van der Waals surface area contributed by atoms with E-state index >= 15 is 0 Å². The number of hydrogen-bond donors (Lipinski definition) is 3. The number of primary amides is 1. The molecule has 1 aliphatic rings. The van der Waals surface area contributed by atoms with Crippen LogP contribution in [0.2, 0.25) is 0 Å². The maximum absolute atomic E-state index is 11.8. The Morgan fingerprint density at radius 1 is 1.38 bits per heavy atom. The van der Waals surface area contributed by atoms with Crippen LogP contribution in [0.15, 0.2) is 24.5 Å². The summed E-state index contributed by atoms with van der Waals surface area (Å²) in [6.07, 6.45) is 5.19. The lowest BCUT2D eigenvalue weighted by Crippen LogP contribution is -2.43. The normalized spacial score (nSPS) is 17.4. The van der Waals surface area contributed by atoms with E-state index in [0.717, 1.165) is 30.8 Å². The number of hydrogen-bond acceptors (Lipinski definition) is 7. The largest absolute Gasteiger partial charge is 0.365 e. The molecular formula is C18H25N7O. The van der Waals surface area contributed by atoms with Gasteiger partial charge in [-0.15, -0.1) is 0 Å². The molecule has 2 aromatic heterocycles. The summed E-state index contributed by atoms with van der Waals surface area (Å²) in [5, 5.41) is 3.19. The number of nitrogens with one attached hydrogen (secondary N) is 1. The Kier molecular flexibility index (Phi) is 5.32. The zero-order chi connectivity index (χ0) is 18.7. The Morgan fingerprint density at radius 3 is 2.88 bits per heavy atom. The van der Waals surface area contributed by atoms with Gasteiger partial charge in [0.1, 0.15) is 11.4 Å². The van der Waals surface area contributed by atoms with Gasteiger partial charge in [0.15, 0.2) is 0 Å². The highest BCUT2D eigenvalue weighted by Crippen LogP contribution is 2.24. The van der Waals surface area contributed by atoms with Gasteiger partial charge in [-0.25, -0.2) is 4.98 Å². The van der Waals surface area contributed by atoms with E-state index in [-0.39, 0.29) is 11.6 Å². The van der Waals surface area contributed by atoms with Gasteiger partial charge >= 0.3 is 0 Å². The van der Waals surface area contributed by atoms with E-state index in [1.165, 1.54) is 6.20 Å². The highest BCUT2D eigenvalue weighted by molar-refractivity contribution is 5.98. The van der Waals surface area contributed by atoms with Gasteiger partial charge in [-0.1, -0.05) is 13.8 Å². The van der Waals surface area contributed by atoms with Crippen LogP contribution < -0.4 is 21.7 Å². The third-order valence-corrected chi connectivity index (χ3v) is 4.42. The van der Waals surface area contributed by atoms with Crippen LogP contribution in [0, 0.1) is 0 Å². The van der Waals surface area contributed by atoms with Crippen LogP contribution >= 0.6 is 0 Å². The first-order chi connectivity index (χ1) is 12.4. The topological polar surface area (TPSA) is 123 Å². The molecule has 1 aliphatic heterocycles. The van der Waals surface area contributed by atoms with Crippen molar-refractivity contribution < 1.29 is 4.79 Å². The van der Waals surface area contributed by atoms with Gasteiger partial charge < -0.3 is 21.7 Å². The number of nitrogens with zero attached hydrogens (tertiary/aromatic N) is 4. The molecule has 0 spiro atoms. The summed E-state index contributed by atoms with van der Waals surface area (Å²) in [5.41, 5.74) is 13.5. The van der Waals surface area contributed by atoms with Gasteiger partial charge in [-0.3, -0.25) is 9.78 Å². The molecule has 1 amide bonds. The number of carbonyl (C=O) groups excluding carboxylic acids is 1. The molecule has 1 saturated heterocycles. The van der Waals surface area contributed by atoms with Crippen LogP contribution in [-0.4, -0.2) is 40.0 Å². The molecule has 1 fully saturated rings. The number of pyridine rings is 1. The number of piperidine rings is 1. The number of nitrogens with two attached hydrogens (primary N) is 2. The number of amides is 1. The summed E-state index contributed by atoms with van der Waals surface area (Å²) in [4.78, 5) is 27.0. The summed E-state index contributed by atoms with van der Waals surface area (Å²) in [5.74, 6) is 0.657. The van der Waals surface area contributed by atoms with E-state index in [2.05, 4.69) is 34.1 Å². The van der Waals surface area contributed by atoms with Crippen LogP contribution in [0.3, 0.4) is 0 Å². The van der Waals surface area contributed by atoms with Crippen molar-refractivity contribution in [1.82, 2.24) is 15.0 Å². The lowest BCUT2D eigenvalue weighted by atomic mass is 10.1. The molecule has 5 N–H and O–H groups in total. The molecule has 26 heavy (non-hydrogen) atoms. The molecule has 0 radical (unpaired) electrons. The number of carbonyl (C=O) groups is 1. The third-order valence-electron chi connectivity index (χ3n) is 4.42. The lowest BCUT2D eigenvalue weighted by molar-refractivity contribution is 0.100. The molecule has 2 aromatic rings.